The standard InChI is InChI=1S/C27H29N3O4S/c1-17-9-8-11-21(18(17)2)29-26(31)25-20-10-6-4-5-7-12-24(20)35-27(25)28-16-19-13-14-23(34-3)22(15-19)30(32)33/h8-9,11,13-16H,4-7,10,12H2,1-3H3,(H,29,31). The lowest BCUT2D eigenvalue weighted by atomic mass is 9.96. The summed E-state index contributed by atoms with van der Waals surface area (Å²) in [6, 6.07) is 10.6. The number of carbonyl (C=O) groups excluding carboxylic acids is 1. The molecular weight excluding hydrogens is 462 g/mol. The second kappa shape index (κ2) is 10.8. The minimum atomic E-state index is -0.476. The number of aliphatic imine (C=N–C) groups is 1. The number of benzene rings is 2. The number of rotatable bonds is 6. The quantitative estimate of drug-likeness (QED) is 0.229. The number of hydrogen-bond donors (Lipinski definition) is 1. The van der Waals surface area contributed by atoms with E-state index in [2.05, 4.69) is 10.3 Å². The van der Waals surface area contributed by atoms with E-state index in [0.717, 1.165) is 54.5 Å². The molecule has 182 valence electrons. The Morgan fingerprint density at radius 1 is 1.14 bits per heavy atom. The van der Waals surface area contributed by atoms with Crippen LogP contribution in [0, 0.1) is 24.0 Å². The Balaban J connectivity index is 1.73. The lowest BCUT2D eigenvalue weighted by Crippen LogP contribution is -2.15. The Morgan fingerprint density at radius 2 is 1.91 bits per heavy atom. The molecule has 1 N–H and O–H groups in total. The van der Waals surface area contributed by atoms with Crippen LogP contribution >= 0.6 is 11.3 Å². The number of carbonyl (C=O) groups is 1. The molecular formula is C27H29N3O4S. The van der Waals surface area contributed by atoms with Crippen LogP contribution in [0.2, 0.25) is 0 Å². The maximum Gasteiger partial charge on any atom is 0.311 e. The van der Waals surface area contributed by atoms with Gasteiger partial charge in [0.05, 0.1) is 17.6 Å². The van der Waals surface area contributed by atoms with Crippen molar-refractivity contribution in [1.82, 2.24) is 0 Å². The number of nitro benzene ring substituents is 1. The molecule has 0 saturated carbocycles. The van der Waals surface area contributed by atoms with Crippen molar-refractivity contribution in [3.05, 3.63) is 79.2 Å². The van der Waals surface area contributed by atoms with Gasteiger partial charge in [0, 0.05) is 22.8 Å². The summed E-state index contributed by atoms with van der Waals surface area (Å²) < 4.78 is 5.09. The Hall–Kier alpha value is -3.52. The van der Waals surface area contributed by atoms with E-state index in [1.807, 2.05) is 32.0 Å². The van der Waals surface area contributed by atoms with Gasteiger partial charge in [-0.05, 0) is 80.0 Å². The minimum absolute atomic E-state index is 0.122. The predicted molar refractivity (Wildman–Crippen MR) is 141 cm³/mol. The summed E-state index contributed by atoms with van der Waals surface area (Å²) in [6.45, 7) is 4.02. The first kappa shape index (κ1) is 24.6. The molecule has 0 saturated heterocycles. The van der Waals surface area contributed by atoms with Crippen molar-refractivity contribution in [2.24, 2.45) is 4.99 Å². The summed E-state index contributed by atoms with van der Waals surface area (Å²) in [5.74, 6) is 0.0319. The molecule has 1 aromatic heterocycles. The SMILES string of the molecule is COc1ccc(C=Nc2sc3c(c2C(=O)Nc2cccc(C)c2C)CCCCCC3)cc1[N+](=O)[O-]. The van der Waals surface area contributed by atoms with Gasteiger partial charge in [-0.15, -0.1) is 11.3 Å². The lowest BCUT2D eigenvalue weighted by Gasteiger charge is -2.13. The maximum atomic E-state index is 13.6. The van der Waals surface area contributed by atoms with Gasteiger partial charge in [-0.25, -0.2) is 4.99 Å². The first-order valence-corrected chi connectivity index (χ1v) is 12.6. The van der Waals surface area contributed by atoms with Gasteiger partial charge < -0.3 is 10.1 Å². The maximum absolute atomic E-state index is 13.6. The molecule has 7 nitrogen and oxygen atoms in total. The molecule has 0 spiro atoms. The van der Waals surface area contributed by atoms with Gasteiger partial charge in [0.2, 0.25) is 0 Å². The van der Waals surface area contributed by atoms with E-state index < -0.39 is 4.92 Å². The highest BCUT2D eigenvalue weighted by Gasteiger charge is 2.25. The third-order valence-electron chi connectivity index (χ3n) is 6.46. The number of aryl methyl sites for hydroxylation is 2. The van der Waals surface area contributed by atoms with Crippen molar-refractivity contribution in [2.75, 3.05) is 12.4 Å². The Kier molecular flexibility index (Phi) is 7.60. The van der Waals surface area contributed by atoms with Crippen LogP contribution in [0.3, 0.4) is 0 Å². The zero-order valence-corrected chi connectivity index (χ0v) is 21.0. The van der Waals surface area contributed by atoms with Crippen LogP contribution in [0.15, 0.2) is 41.4 Å². The molecule has 0 unspecified atom stereocenters. The number of thiophene rings is 1. The van der Waals surface area contributed by atoms with E-state index >= 15 is 0 Å². The minimum Gasteiger partial charge on any atom is -0.490 e. The molecule has 8 heteroatoms. The summed E-state index contributed by atoms with van der Waals surface area (Å²) in [6.07, 6.45) is 7.86. The highest BCUT2D eigenvalue weighted by molar-refractivity contribution is 7.16. The number of amides is 1. The van der Waals surface area contributed by atoms with Crippen LogP contribution in [-0.2, 0) is 12.8 Å². The topological polar surface area (TPSA) is 93.8 Å². The van der Waals surface area contributed by atoms with Crippen molar-refractivity contribution in [1.29, 1.82) is 0 Å². The second-order valence-corrected chi connectivity index (χ2v) is 9.83. The highest BCUT2D eigenvalue weighted by Crippen LogP contribution is 2.39. The highest BCUT2D eigenvalue weighted by atomic mass is 32.1. The zero-order chi connectivity index (χ0) is 24.9. The predicted octanol–water partition coefficient (Wildman–Crippen LogP) is 6.94. The molecule has 3 aromatic rings. The number of methoxy groups -OCH3 is 1. The molecule has 1 amide bonds. The Bertz CT molecular complexity index is 1300. The smallest absolute Gasteiger partial charge is 0.311 e. The molecule has 1 aliphatic carbocycles. The second-order valence-electron chi connectivity index (χ2n) is 8.75. The number of anilines is 1. The molecule has 0 aliphatic heterocycles. The van der Waals surface area contributed by atoms with Gasteiger partial charge in [-0.3, -0.25) is 14.9 Å². The van der Waals surface area contributed by atoms with E-state index in [9.17, 15) is 14.9 Å². The van der Waals surface area contributed by atoms with E-state index in [0.29, 0.717) is 16.1 Å². The molecule has 2 aromatic carbocycles. The summed E-state index contributed by atoms with van der Waals surface area (Å²) in [5, 5.41) is 15.1. The van der Waals surface area contributed by atoms with Gasteiger partial charge in [-0.1, -0.05) is 25.0 Å². The summed E-state index contributed by atoms with van der Waals surface area (Å²) in [5.41, 5.74) is 5.10. The van der Waals surface area contributed by atoms with Crippen LogP contribution in [0.1, 0.15) is 63.2 Å². The van der Waals surface area contributed by atoms with Crippen LogP contribution in [0.25, 0.3) is 0 Å². The van der Waals surface area contributed by atoms with Gasteiger partial charge >= 0.3 is 5.69 Å². The van der Waals surface area contributed by atoms with Gasteiger partial charge in [0.15, 0.2) is 5.75 Å². The summed E-state index contributed by atoms with van der Waals surface area (Å²) in [4.78, 5) is 30.4. The van der Waals surface area contributed by atoms with Crippen molar-refractivity contribution < 1.29 is 14.5 Å². The Labute approximate surface area is 209 Å². The van der Waals surface area contributed by atoms with Crippen LogP contribution in [0.4, 0.5) is 16.4 Å². The van der Waals surface area contributed by atoms with E-state index in [-0.39, 0.29) is 17.3 Å². The van der Waals surface area contributed by atoms with Crippen LogP contribution in [-0.4, -0.2) is 24.2 Å². The van der Waals surface area contributed by atoms with E-state index in [1.54, 1.807) is 29.7 Å². The fourth-order valence-electron chi connectivity index (χ4n) is 4.36. The monoisotopic (exact) mass is 491 g/mol. The molecule has 0 radical (unpaired) electrons. The molecule has 1 heterocycles. The lowest BCUT2D eigenvalue weighted by molar-refractivity contribution is -0.385. The number of fused-ring (bicyclic) bond motifs is 1. The summed E-state index contributed by atoms with van der Waals surface area (Å²) >= 11 is 1.55. The average molecular weight is 492 g/mol. The molecule has 0 fully saturated rings. The average Bonchev–Trinajstić information content (AvgIpc) is 3.16. The normalized spacial score (nSPS) is 13.7. The summed E-state index contributed by atoms with van der Waals surface area (Å²) in [7, 11) is 1.40. The number of nitrogens with one attached hydrogen (secondary N) is 1. The van der Waals surface area contributed by atoms with Crippen molar-refractivity contribution >= 4 is 39.8 Å². The molecule has 4 rings (SSSR count). The largest absolute Gasteiger partial charge is 0.490 e. The van der Waals surface area contributed by atoms with E-state index in [4.69, 9.17) is 4.74 Å². The molecule has 1 aliphatic rings. The third-order valence-corrected chi connectivity index (χ3v) is 7.66. The molecule has 0 atom stereocenters. The first-order valence-electron chi connectivity index (χ1n) is 11.8. The van der Waals surface area contributed by atoms with Gasteiger partial charge in [-0.2, -0.15) is 0 Å². The Morgan fingerprint density at radius 3 is 2.66 bits per heavy atom. The van der Waals surface area contributed by atoms with Crippen LogP contribution < -0.4 is 10.1 Å². The fraction of sp³-hybridized carbons (Fsp3) is 0.333. The zero-order valence-electron chi connectivity index (χ0n) is 20.2. The molecule has 0 bridgehead atoms. The number of ether oxygens (including phenoxy) is 1. The van der Waals surface area contributed by atoms with Gasteiger partial charge in [0.1, 0.15) is 5.00 Å². The van der Waals surface area contributed by atoms with Crippen molar-refractivity contribution in [3.8, 4) is 5.75 Å². The third kappa shape index (κ3) is 5.43. The molecule has 35 heavy (non-hydrogen) atoms. The van der Waals surface area contributed by atoms with Crippen molar-refractivity contribution in [3.63, 3.8) is 0 Å². The number of nitro groups is 1. The van der Waals surface area contributed by atoms with E-state index in [1.165, 1.54) is 24.5 Å². The first-order chi connectivity index (χ1) is 16.9. The fourth-order valence-corrected chi connectivity index (χ4v) is 5.60. The van der Waals surface area contributed by atoms with Crippen molar-refractivity contribution in [2.45, 2.75) is 52.4 Å². The van der Waals surface area contributed by atoms with Crippen LogP contribution in [0.5, 0.6) is 5.75 Å². The van der Waals surface area contributed by atoms with Gasteiger partial charge in [0.25, 0.3) is 5.91 Å². The number of nitrogens with zero attached hydrogens (tertiary/aromatic N) is 2. The number of hydrogen-bond acceptors (Lipinski definition) is 6.